The molecule has 5 nitrogen and oxygen atoms in total. The van der Waals surface area contributed by atoms with Crippen LogP contribution in [0.5, 0.6) is 0 Å². The van der Waals surface area contributed by atoms with Crippen molar-refractivity contribution in [2.24, 2.45) is 0 Å². The van der Waals surface area contributed by atoms with Crippen molar-refractivity contribution in [1.29, 1.82) is 0 Å². The van der Waals surface area contributed by atoms with Gasteiger partial charge in [-0.2, -0.15) is 0 Å². The Kier molecular flexibility index (Phi) is 6.30. The first-order valence-corrected chi connectivity index (χ1v) is 10.3. The van der Waals surface area contributed by atoms with Crippen molar-refractivity contribution in [2.75, 3.05) is 4.90 Å². The summed E-state index contributed by atoms with van der Waals surface area (Å²) in [6.45, 7) is 3.95. The van der Waals surface area contributed by atoms with E-state index in [1.54, 1.807) is 17.0 Å². The minimum absolute atomic E-state index is 0.0151. The third-order valence-corrected chi connectivity index (χ3v) is 5.72. The summed E-state index contributed by atoms with van der Waals surface area (Å²) in [7, 11) is 0. The Hall–Kier alpha value is -2.17. The van der Waals surface area contributed by atoms with E-state index in [0.29, 0.717) is 12.1 Å². The van der Waals surface area contributed by atoms with Gasteiger partial charge in [0.15, 0.2) is 0 Å². The second kappa shape index (κ2) is 8.68. The van der Waals surface area contributed by atoms with Crippen molar-refractivity contribution in [3.8, 4) is 0 Å². The Morgan fingerprint density at radius 3 is 2.30 bits per heavy atom. The van der Waals surface area contributed by atoms with Crippen molar-refractivity contribution >= 4 is 23.4 Å². The zero-order chi connectivity index (χ0) is 19.4. The molecule has 1 unspecified atom stereocenters. The highest BCUT2D eigenvalue weighted by atomic mass is 16.2. The molecule has 1 atom stereocenters. The number of aryl methyl sites for hydroxylation is 1. The molecule has 1 aliphatic carbocycles. The van der Waals surface area contributed by atoms with Gasteiger partial charge in [-0.3, -0.25) is 14.4 Å². The first kappa shape index (κ1) is 19.6. The maximum absolute atomic E-state index is 13.2. The fraction of sp³-hybridized carbons (Fsp3) is 0.591. The van der Waals surface area contributed by atoms with Crippen molar-refractivity contribution in [2.45, 2.75) is 83.7 Å². The molecule has 5 heteroatoms. The third-order valence-electron chi connectivity index (χ3n) is 5.72. The van der Waals surface area contributed by atoms with E-state index in [1.165, 1.54) is 17.7 Å². The molecule has 0 spiro atoms. The van der Waals surface area contributed by atoms with Gasteiger partial charge in [-0.25, -0.2) is 4.90 Å². The van der Waals surface area contributed by atoms with Gasteiger partial charge in [0.2, 0.25) is 11.8 Å². The molecule has 2 aliphatic rings. The number of carbonyl (C=O) groups excluding carboxylic acids is 3. The Morgan fingerprint density at radius 2 is 1.70 bits per heavy atom. The molecule has 3 amide bonds. The predicted molar refractivity (Wildman–Crippen MR) is 105 cm³/mol. The van der Waals surface area contributed by atoms with Crippen LogP contribution in [-0.2, 0) is 14.4 Å². The summed E-state index contributed by atoms with van der Waals surface area (Å²) >= 11 is 0. The van der Waals surface area contributed by atoms with E-state index in [4.69, 9.17) is 0 Å². The lowest BCUT2D eigenvalue weighted by atomic mass is 10.0. The van der Waals surface area contributed by atoms with Gasteiger partial charge in [-0.05, 0) is 38.3 Å². The quantitative estimate of drug-likeness (QED) is 0.582. The maximum Gasteiger partial charge on any atom is 0.257 e. The molecule has 1 aromatic rings. The largest absolute Gasteiger partial charge is 0.327 e. The van der Waals surface area contributed by atoms with Gasteiger partial charge < -0.3 is 4.90 Å². The van der Waals surface area contributed by atoms with Crippen LogP contribution in [0.1, 0.15) is 70.3 Å². The zero-order valence-corrected chi connectivity index (χ0v) is 16.4. The standard InChI is InChI=1S/C22H30N2O3/c1-3-8-20(25)23(17-9-6-4-5-7-10-17)19-15-21(26)24(22(19)27)18-13-11-16(2)12-14-18/h11-14,17,19H,3-10,15H2,1-2H3. The highest BCUT2D eigenvalue weighted by molar-refractivity contribution is 6.23. The molecule has 0 aromatic heterocycles. The summed E-state index contributed by atoms with van der Waals surface area (Å²) in [5, 5.41) is 0. The fourth-order valence-electron chi connectivity index (χ4n) is 4.31. The van der Waals surface area contributed by atoms with E-state index in [9.17, 15) is 14.4 Å². The van der Waals surface area contributed by atoms with Crippen LogP contribution >= 0.6 is 0 Å². The van der Waals surface area contributed by atoms with Gasteiger partial charge in [-0.1, -0.05) is 50.3 Å². The molecule has 27 heavy (non-hydrogen) atoms. The molecule has 0 radical (unpaired) electrons. The number of anilines is 1. The molecular weight excluding hydrogens is 340 g/mol. The maximum atomic E-state index is 13.2. The minimum Gasteiger partial charge on any atom is -0.327 e. The van der Waals surface area contributed by atoms with E-state index < -0.39 is 6.04 Å². The van der Waals surface area contributed by atoms with Crippen LogP contribution in [0.4, 0.5) is 5.69 Å². The summed E-state index contributed by atoms with van der Waals surface area (Å²) in [5.41, 5.74) is 1.68. The van der Waals surface area contributed by atoms with Gasteiger partial charge in [0.25, 0.3) is 5.91 Å². The molecule has 1 heterocycles. The molecule has 0 N–H and O–H groups in total. The zero-order valence-electron chi connectivity index (χ0n) is 16.4. The minimum atomic E-state index is -0.652. The van der Waals surface area contributed by atoms with Crippen molar-refractivity contribution in [3.63, 3.8) is 0 Å². The van der Waals surface area contributed by atoms with E-state index >= 15 is 0 Å². The average molecular weight is 370 g/mol. The van der Waals surface area contributed by atoms with E-state index in [2.05, 4.69) is 0 Å². The lowest BCUT2D eigenvalue weighted by Gasteiger charge is -2.35. The first-order chi connectivity index (χ1) is 13.0. The first-order valence-electron chi connectivity index (χ1n) is 10.3. The number of benzene rings is 1. The number of carbonyl (C=O) groups is 3. The number of imide groups is 1. The summed E-state index contributed by atoms with van der Waals surface area (Å²) in [5.74, 6) is -0.448. The third kappa shape index (κ3) is 4.23. The molecule has 1 aliphatic heterocycles. The van der Waals surface area contributed by atoms with E-state index in [0.717, 1.165) is 37.7 Å². The van der Waals surface area contributed by atoms with Crippen LogP contribution < -0.4 is 4.90 Å². The molecule has 1 aromatic carbocycles. The Bertz CT molecular complexity index is 690. The Labute approximate surface area is 161 Å². The van der Waals surface area contributed by atoms with Crippen LogP contribution in [0.25, 0.3) is 0 Å². The number of nitrogens with zero attached hydrogens (tertiary/aromatic N) is 2. The van der Waals surface area contributed by atoms with E-state index in [-0.39, 0.29) is 30.2 Å². The number of rotatable bonds is 5. The van der Waals surface area contributed by atoms with Crippen LogP contribution in [0, 0.1) is 6.92 Å². The lowest BCUT2D eigenvalue weighted by Crippen LogP contribution is -2.50. The van der Waals surface area contributed by atoms with E-state index in [1.807, 2.05) is 26.0 Å². The summed E-state index contributed by atoms with van der Waals surface area (Å²) in [4.78, 5) is 41.9. The SMILES string of the molecule is CCCC(=O)N(C1CCCCCC1)C1CC(=O)N(c2ccc(C)cc2)C1=O. The van der Waals surface area contributed by atoms with Crippen LogP contribution in [0.3, 0.4) is 0 Å². The predicted octanol–water partition coefficient (Wildman–Crippen LogP) is 3.98. The molecule has 2 fully saturated rings. The molecule has 146 valence electrons. The normalized spacial score (nSPS) is 21.4. The molecular formula is C22H30N2O3. The Balaban J connectivity index is 1.87. The van der Waals surface area contributed by atoms with Gasteiger partial charge in [0.1, 0.15) is 6.04 Å². The highest BCUT2D eigenvalue weighted by Gasteiger charge is 2.46. The Morgan fingerprint density at radius 1 is 1.07 bits per heavy atom. The smallest absolute Gasteiger partial charge is 0.257 e. The van der Waals surface area contributed by atoms with Gasteiger partial charge in [-0.15, -0.1) is 0 Å². The monoisotopic (exact) mass is 370 g/mol. The summed E-state index contributed by atoms with van der Waals surface area (Å²) in [6.07, 6.45) is 7.65. The number of hydrogen-bond donors (Lipinski definition) is 0. The topological polar surface area (TPSA) is 57.7 Å². The second-order valence-electron chi connectivity index (χ2n) is 7.82. The summed E-state index contributed by atoms with van der Waals surface area (Å²) < 4.78 is 0. The molecule has 1 saturated heterocycles. The number of hydrogen-bond acceptors (Lipinski definition) is 3. The molecule has 1 saturated carbocycles. The van der Waals surface area contributed by atoms with Gasteiger partial charge >= 0.3 is 0 Å². The summed E-state index contributed by atoms with van der Waals surface area (Å²) in [6, 6.07) is 6.82. The van der Waals surface area contributed by atoms with Crippen molar-refractivity contribution in [1.82, 2.24) is 4.90 Å². The van der Waals surface area contributed by atoms with Gasteiger partial charge in [0, 0.05) is 12.5 Å². The van der Waals surface area contributed by atoms with Gasteiger partial charge in [0.05, 0.1) is 12.1 Å². The second-order valence-corrected chi connectivity index (χ2v) is 7.82. The van der Waals surface area contributed by atoms with Crippen LogP contribution in [-0.4, -0.2) is 34.7 Å². The number of amides is 3. The van der Waals surface area contributed by atoms with Crippen LogP contribution in [0.15, 0.2) is 24.3 Å². The molecule has 0 bridgehead atoms. The fourth-order valence-corrected chi connectivity index (χ4v) is 4.31. The molecule has 3 rings (SSSR count). The van der Waals surface area contributed by atoms with Crippen molar-refractivity contribution < 1.29 is 14.4 Å². The highest BCUT2D eigenvalue weighted by Crippen LogP contribution is 2.31. The lowest BCUT2D eigenvalue weighted by molar-refractivity contribution is -0.141. The van der Waals surface area contributed by atoms with Crippen LogP contribution in [0.2, 0.25) is 0 Å². The average Bonchev–Trinajstić information content (AvgIpc) is 2.82. The van der Waals surface area contributed by atoms with Crippen molar-refractivity contribution in [3.05, 3.63) is 29.8 Å².